The molecule has 2 aromatic carbocycles. The lowest BCUT2D eigenvalue weighted by Gasteiger charge is -2.11. The number of aromatic nitrogens is 4. The first-order chi connectivity index (χ1) is 13.8. The fraction of sp³-hybridized carbons (Fsp3) is 0.0476. The lowest BCUT2D eigenvalue weighted by atomic mass is 10.0. The number of nitrogens with zero attached hydrogens (tertiary/aromatic N) is 5. The van der Waals surface area contributed by atoms with Crippen molar-refractivity contribution in [2.75, 3.05) is 5.32 Å². The van der Waals surface area contributed by atoms with Crippen LogP contribution in [0.2, 0.25) is 0 Å². The first-order valence-electron chi connectivity index (χ1n) is 8.91. The van der Waals surface area contributed by atoms with Gasteiger partial charge < -0.3 is 14.1 Å². The molecule has 0 amide bonds. The Balaban J connectivity index is 1.45. The van der Waals surface area contributed by atoms with Crippen molar-refractivity contribution in [3.63, 3.8) is 0 Å². The molecule has 1 N–H and O–H groups in total. The normalized spacial score (nSPS) is 12.7. The summed E-state index contributed by atoms with van der Waals surface area (Å²) in [6, 6.07) is 12.1. The van der Waals surface area contributed by atoms with E-state index in [-0.39, 0.29) is 0 Å². The van der Waals surface area contributed by atoms with E-state index in [0.29, 0.717) is 5.82 Å². The summed E-state index contributed by atoms with van der Waals surface area (Å²) in [6.45, 7) is 0.721. The molecule has 0 fully saturated rings. The molecule has 0 saturated carbocycles. The molecule has 6 rings (SSSR count). The van der Waals surface area contributed by atoms with E-state index in [2.05, 4.69) is 38.5 Å². The van der Waals surface area contributed by atoms with Gasteiger partial charge in [0, 0.05) is 42.1 Å². The summed E-state index contributed by atoms with van der Waals surface area (Å²) in [5, 5.41) is 3.37. The van der Waals surface area contributed by atoms with Crippen LogP contribution in [-0.2, 0) is 6.54 Å². The van der Waals surface area contributed by atoms with Gasteiger partial charge in [-0.15, -0.1) is 0 Å². The summed E-state index contributed by atoms with van der Waals surface area (Å²) in [6.07, 6.45) is 9.03. The minimum atomic E-state index is 0.679. The van der Waals surface area contributed by atoms with Gasteiger partial charge in [0.15, 0.2) is 23.4 Å². The Kier molecular flexibility index (Phi) is 3.10. The Labute approximate surface area is 159 Å². The second kappa shape index (κ2) is 5.75. The Morgan fingerprint density at radius 3 is 3.07 bits per heavy atom. The number of hydrogen-bond donors (Lipinski definition) is 1. The van der Waals surface area contributed by atoms with Crippen molar-refractivity contribution in [2.45, 2.75) is 6.54 Å². The SMILES string of the molecule is C1=NCc2cc(-c3cn4ccnc4c(Nc4ccc5ncoc5c4)n3)ccc21. The number of nitrogens with one attached hydrogen (secondary N) is 1. The molecule has 5 aromatic rings. The predicted octanol–water partition coefficient (Wildman–Crippen LogP) is 4.21. The lowest BCUT2D eigenvalue weighted by molar-refractivity contribution is 0.602. The average Bonchev–Trinajstić information content (AvgIpc) is 3.46. The first-order valence-corrected chi connectivity index (χ1v) is 8.91. The van der Waals surface area contributed by atoms with Crippen LogP contribution in [0.4, 0.5) is 11.5 Å². The van der Waals surface area contributed by atoms with E-state index in [0.717, 1.165) is 40.2 Å². The molecule has 0 radical (unpaired) electrons. The average molecular weight is 366 g/mol. The van der Waals surface area contributed by atoms with Crippen molar-refractivity contribution in [1.82, 2.24) is 19.4 Å². The third kappa shape index (κ3) is 2.37. The second-order valence-electron chi connectivity index (χ2n) is 6.68. The number of imidazole rings is 1. The maximum atomic E-state index is 5.40. The quantitative estimate of drug-likeness (QED) is 0.517. The van der Waals surface area contributed by atoms with Gasteiger partial charge in [-0.2, -0.15) is 0 Å². The zero-order valence-electron chi connectivity index (χ0n) is 14.7. The van der Waals surface area contributed by atoms with Crippen LogP contribution in [0, 0.1) is 0 Å². The summed E-state index contributed by atoms with van der Waals surface area (Å²) in [4.78, 5) is 17.8. The number of oxazole rings is 1. The van der Waals surface area contributed by atoms with E-state index >= 15 is 0 Å². The number of hydrogen-bond acceptors (Lipinski definition) is 6. The summed E-state index contributed by atoms with van der Waals surface area (Å²) in [5.41, 5.74) is 7.46. The van der Waals surface area contributed by atoms with Crippen molar-refractivity contribution < 1.29 is 4.42 Å². The van der Waals surface area contributed by atoms with Crippen molar-refractivity contribution >= 4 is 34.5 Å². The van der Waals surface area contributed by atoms with Crippen LogP contribution in [0.25, 0.3) is 28.0 Å². The fourth-order valence-electron chi connectivity index (χ4n) is 3.49. The number of fused-ring (bicyclic) bond motifs is 3. The highest BCUT2D eigenvalue weighted by Gasteiger charge is 2.13. The van der Waals surface area contributed by atoms with Crippen molar-refractivity contribution in [3.05, 3.63) is 72.5 Å². The molecule has 4 heterocycles. The van der Waals surface area contributed by atoms with E-state index in [1.807, 2.05) is 41.2 Å². The fourth-order valence-corrected chi connectivity index (χ4v) is 3.49. The van der Waals surface area contributed by atoms with Crippen molar-refractivity contribution in [3.8, 4) is 11.3 Å². The van der Waals surface area contributed by atoms with E-state index in [1.165, 1.54) is 17.5 Å². The number of aliphatic imine (C=N–C) groups is 1. The van der Waals surface area contributed by atoms with E-state index in [1.54, 1.807) is 6.20 Å². The molecule has 0 spiro atoms. The van der Waals surface area contributed by atoms with Crippen LogP contribution in [0.1, 0.15) is 11.1 Å². The monoisotopic (exact) mass is 366 g/mol. The van der Waals surface area contributed by atoms with Gasteiger partial charge in [-0.25, -0.2) is 15.0 Å². The molecule has 134 valence electrons. The molecule has 7 nitrogen and oxygen atoms in total. The van der Waals surface area contributed by atoms with E-state index in [9.17, 15) is 0 Å². The number of benzene rings is 2. The van der Waals surface area contributed by atoms with Gasteiger partial charge >= 0.3 is 0 Å². The van der Waals surface area contributed by atoms with E-state index in [4.69, 9.17) is 9.40 Å². The van der Waals surface area contributed by atoms with Gasteiger partial charge in [0.05, 0.1) is 12.2 Å². The molecule has 1 aliphatic rings. The molecular weight excluding hydrogens is 352 g/mol. The van der Waals surface area contributed by atoms with Gasteiger partial charge in [-0.3, -0.25) is 4.99 Å². The molecule has 3 aromatic heterocycles. The lowest BCUT2D eigenvalue weighted by Crippen LogP contribution is -2.00. The summed E-state index contributed by atoms with van der Waals surface area (Å²) in [5.74, 6) is 0.679. The standard InChI is InChI=1S/C21H14N6O/c1-2-14-9-22-10-15(14)7-13(1)18-11-27-6-5-23-21(27)20(26-18)25-16-3-4-17-19(8-16)28-12-24-17/h1-9,11-12H,10H2,(H,25,26). The third-order valence-electron chi connectivity index (χ3n) is 4.90. The topological polar surface area (TPSA) is 80.6 Å². The largest absolute Gasteiger partial charge is 0.443 e. The smallest absolute Gasteiger partial charge is 0.181 e. The van der Waals surface area contributed by atoms with Crippen LogP contribution in [-0.4, -0.2) is 25.6 Å². The van der Waals surface area contributed by atoms with Crippen molar-refractivity contribution in [2.24, 2.45) is 4.99 Å². The predicted molar refractivity (Wildman–Crippen MR) is 107 cm³/mol. The molecule has 1 aliphatic heterocycles. The zero-order valence-corrected chi connectivity index (χ0v) is 14.7. The summed E-state index contributed by atoms with van der Waals surface area (Å²) in [7, 11) is 0. The van der Waals surface area contributed by atoms with Crippen molar-refractivity contribution in [1.29, 1.82) is 0 Å². The Morgan fingerprint density at radius 2 is 2.07 bits per heavy atom. The molecule has 7 heteroatoms. The summed E-state index contributed by atoms with van der Waals surface area (Å²) < 4.78 is 7.37. The number of anilines is 2. The molecule has 0 unspecified atom stereocenters. The summed E-state index contributed by atoms with van der Waals surface area (Å²) >= 11 is 0. The minimum absolute atomic E-state index is 0.679. The molecule has 0 aliphatic carbocycles. The van der Waals surface area contributed by atoms with Gasteiger partial charge in [-0.05, 0) is 29.3 Å². The zero-order chi connectivity index (χ0) is 18.5. The van der Waals surface area contributed by atoms with Gasteiger partial charge in [-0.1, -0.05) is 12.1 Å². The van der Waals surface area contributed by atoms with Crippen LogP contribution >= 0.6 is 0 Å². The molecule has 28 heavy (non-hydrogen) atoms. The second-order valence-corrected chi connectivity index (χ2v) is 6.68. The van der Waals surface area contributed by atoms with Crippen LogP contribution in [0.15, 0.2) is 70.8 Å². The Bertz CT molecular complexity index is 1380. The Morgan fingerprint density at radius 1 is 1.07 bits per heavy atom. The third-order valence-corrected chi connectivity index (χ3v) is 4.90. The molecular formula is C21H14N6O. The van der Waals surface area contributed by atoms with Gasteiger partial charge in [0.2, 0.25) is 0 Å². The highest BCUT2D eigenvalue weighted by atomic mass is 16.3. The molecule has 0 saturated heterocycles. The maximum Gasteiger partial charge on any atom is 0.181 e. The first kappa shape index (κ1) is 15.1. The highest BCUT2D eigenvalue weighted by Crippen LogP contribution is 2.28. The van der Waals surface area contributed by atoms with Crippen LogP contribution in [0.3, 0.4) is 0 Å². The number of rotatable bonds is 3. The van der Waals surface area contributed by atoms with Gasteiger partial charge in [0.1, 0.15) is 5.52 Å². The molecule has 0 atom stereocenters. The molecule has 0 bridgehead atoms. The van der Waals surface area contributed by atoms with Gasteiger partial charge in [0.25, 0.3) is 0 Å². The minimum Gasteiger partial charge on any atom is -0.443 e. The highest BCUT2D eigenvalue weighted by molar-refractivity contribution is 5.86. The Hall–Kier alpha value is -4.00. The maximum absolute atomic E-state index is 5.40. The van der Waals surface area contributed by atoms with E-state index < -0.39 is 0 Å². The van der Waals surface area contributed by atoms with Crippen LogP contribution < -0.4 is 5.32 Å². The van der Waals surface area contributed by atoms with Crippen LogP contribution in [0.5, 0.6) is 0 Å².